The summed E-state index contributed by atoms with van der Waals surface area (Å²) in [6.45, 7) is 6.83. The van der Waals surface area contributed by atoms with Gasteiger partial charge in [0, 0.05) is 11.8 Å². The lowest BCUT2D eigenvalue weighted by molar-refractivity contribution is 0.631. The van der Waals surface area contributed by atoms with Crippen molar-refractivity contribution in [1.29, 1.82) is 0 Å². The Hall–Kier alpha value is -8.84. The second-order valence-electron chi connectivity index (χ2n) is 23.7. The number of fused-ring (bicyclic) bond motifs is 2. The minimum atomic E-state index is 0.0987. The zero-order chi connectivity index (χ0) is 57.7. The first-order chi connectivity index (χ1) is 42.0. The standard InChI is InChI=1S/C85H80/c1-4-6-8-10-15-33-74-59-80(66-47-55-72(56-48-66)82(68-31-21-14-22-32-68)70-51-43-64(44-52-70)62-27-17-12-18-28-62)76-35-23-25-37-78(76)84(74)85-75(34-16-11-9-7-5-2)60-81(77-36-24-26-38-79(77)85)67-49-57-73(58-50-67)83(69-41-39-61(3)40-42-69)71-53-45-65(46-54-71)63-29-19-13-20-30-63/h12-14,17-32,35-60,82-83H,4-11,15-16,33-34H2,1-3H3. The molecule has 2 unspecified atom stereocenters. The molecule has 0 saturated heterocycles. The van der Waals surface area contributed by atoms with Crippen molar-refractivity contribution in [3.63, 3.8) is 0 Å². The molecule has 0 amide bonds. The van der Waals surface area contributed by atoms with Gasteiger partial charge in [-0.3, -0.25) is 0 Å². The molecule has 0 heteroatoms. The zero-order valence-corrected chi connectivity index (χ0v) is 50.1. The molecule has 0 N–H and O–H groups in total. The predicted molar refractivity (Wildman–Crippen MR) is 366 cm³/mol. The highest BCUT2D eigenvalue weighted by Crippen LogP contribution is 2.47. The summed E-state index contributed by atoms with van der Waals surface area (Å²) < 4.78 is 0. The third-order valence-corrected chi connectivity index (χ3v) is 18.0. The van der Waals surface area contributed by atoms with Gasteiger partial charge in [-0.1, -0.05) is 332 Å². The summed E-state index contributed by atoms with van der Waals surface area (Å²) in [6, 6.07) is 103. The summed E-state index contributed by atoms with van der Waals surface area (Å²) in [5, 5.41) is 5.32. The first-order valence-corrected chi connectivity index (χ1v) is 31.8. The number of unbranched alkanes of at least 4 members (excludes halogenated alkanes) is 8. The van der Waals surface area contributed by atoms with E-state index in [4.69, 9.17) is 0 Å². The molecule has 0 fully saturated rings. The fourth-order valence-corrected chi connectivity index (χ4v) is 13.4. The van der Waals surface area contributed by atoms with E-state index >= 15 is 0 Å². The quantitative estimate of drug-likeness (QED) is 0.0442. The van der Waals surface area contributed by atoms with E-state index in [1.165, 1.54) is 191 Å². The van der Waals surface area contributed by atoms with E-state index in [-0.39, 0.29) is 11.8 Å². The largest absolute Gasteiger partial charge is 0.0654 e. The molecule has 0 radical (unpaired) electrons. The molecule has 420 valence electrons. The van der Waals surface area contributed by atoms with E-state index in [0.29, 0.717) is 0 Å². The highest BCUT2D eigenvalue weighted by Gasteiger charge is 2.24. The van der Waals surface area contributed by atoms with Crippen molar-refractivity contribution in [3.8, 4) is 55.6 Å². The molecule has 0 heterocycles. The summed E-state index contributed by atoms with van der Waals surface area (Å²) in [5.41, 5.74) is 25.0. The normalized spacial score (nSPS) is 12.2. The van der Waals surface area contributed by atoms with Crippen molar-refractivity contribution in [2.45, 2.75) is 110 Å². The summed E-state index contributed by atoms with van der Waals surface area (Å²) in [5.74, 6) is 0.202. The Morgan fingerprint density at radius 3 is 0.894 bits per heavy atom. The highest BCUT2D eigenvalue weighted by molar-refractivity contribution is 6.14. The molecule has 0 saturated carbocycles. The van der Waals surface area contributed by atoms with Crippen LogP contribution in [0.5, 0.6) is 0 Å². The van der Waals surface area contributed by atoms with Crippen LogP contribution in [0, 0.1) is 6.92 Å². The van der Waals surface area contributed by atoms with Crippen molar-refractivity contribution in [3.05, 3.63) is 323 Å². The predicted octanol–water partition coefficient (Wildman–Crippen LogP) is 24.0. The SMILES string of the molecule is CCCCCCCc1cc(-c2ccc(C(c3ccccc3)c3ccc(-c4ccccc4)cc3)cc2)c2ccccc2c1-c1c(CCCCCCC)cc(-c2ccc(C(c3ccc(C)cc3)c3ccc(-c4ccccc4)cc3)cc2)c2ccccc12. The van der Waals surface area contributed by atoms with E-state index in [1.807, 2.05) is 0 Å². The first-order valence-electron chi connectivity index (χ1n) is 31.8. The summed E-state index contributed by atoms with van der Waals surface area (Å²) in [7, 11) is 0. The van der Waals surface area contributed by atoms with E-state index in [1.54, 1.807) is 0 Å². The number of aryl methyl sites for hydroxylation is 3. The van der Waals surface area contributed by atoms with Gasteiger partial charge in [0.2, 0.25) is 0 Å². The molecule has 12 aromatic rings. The molecular weight excluding hydrogens is 1020 g/mol. The van der Waals surface area contributed by atoms with Crippen LogP contribution >= 0.6 is 0 Å². The van der Waals surface area contributed by atoms with Crippen LogP contribution in [-0.2, 0) is 12.8 Å². The fraction of sp³-hybridized carbons (Fsp3) is 0.200. The van der Waals surface area contributed by atoms with Gasteiger partial charge in [0.05, 0.1) is 0 Å². The molecule has 0 aromatic heterocycles. The summed E-state index contributed by atoms with van der Waals surface area (Å²) in [6.07, 6.45) is 14.5. The van der Waals surface area contributed by atoms with Crippen LogP contribution in [0.4, 0.5) is 0 Å². The van der Waals surface area contributed by atoms with Gasteiger partial charge in [-0.2, -0.15) is 0 Å². The second-order valence-corrected chi connectivity index (χ2v) is 23.7. The van der Waals surface area contributed by atoms with Gasteiger partial charge >= 0.3 is 0 Å². The van der Waals surface area contributed by atoms with Gasteiger partial charge in [0.15, 0.2) is 0 Å². The number of benzene rings is 12. The van der Waals surface area contributed by atoms with Crippen LogP contribution in [0.1, 0.15) is 140 Å². The fourth-order valence-electron chi connectivity index (χ4n) is 13.4. The van der Waals surface area contributed by atoms with Crippen LogP contribution in [0.3, 0.4) is 0 Å². The highest BCUT2D eigenvalue weighted by atomic mass is 14.3. The van der Waals surface area contributed by atoms with E-state index in [0.717, 1.165) is 12.8 Å². The Morgan fingerprint density at radius 1 is 0.247 bits per heavy atom. The van der Waals surface area contributed by atoms with E-state index in [9.17, 15) is 0 Å². The van der Waals surface area contributed by atoms with Crippen LogP contribution in [0.25, 0.3) is 77.2 Å². The summed E-state index contributed by atoms with van der Waals surface area (Å²) >= 11 is 0. The van der Waals surface area contributed by atoms with Crippen LogP contribution in [0.15, 0.2) is 273 Å². The number of rotatable bonds is 23. The lowest BCUT2D eigenvalue weighted by Gasteiger charge is -2.24. The van der Waals surface area contributed by atoms with Crippen molar-refractivity contribution in [2.24, 2.45) is 0 Å². The Labute approximate surface area is 507 Å². The average molecular weight is 1100 g/mol. The van der Waals surface area contributed by atoms with Crippen molar-refractivity contribution in [2.75, 3.05) is 0 Å². The molecule has 0 aliphatic heterocycles. The van der Waals surface area contributed by atoms with Gasteiger partial charge in [0.1, 0.15) is 0 Å². The zero-order valence-electron chi connectivity index (χ0n) is 50.1. The maximum Gasteiger partial charge on any atom is 0.0340 e. The second kappa shape index (κ2) is 27.3. The number of hydrogen-bond acceptors (Lipinski definition) is 0. The molecule has 0 nitrogen and oxygen atoms in total. The van der Waals surface area contributed by atoms with Crippen molar-refractivity contribution in [1.82, 2.24) is 0 Å². The molecule has 0 aliphatic carbocycles. The molecule has 12 aromatic carbocycles. The third-order valence-electron chi connectivity index (χ3n) is 18.0. The van der Waals surface area contributed by atoms with E-state index in [2.05, 4.69) is 294 Å². The topological polar surface area (TPSA) is 0 Å². The molecule has 0 bridgehead atoms. The van der Waals surface area contributed by atoms with Gasteiger partial charge < -0.3 is 0 Å². The first kappa shape index (κ1) is 56.6. The Kier molecular flexibility index (Phi) is 18.2. The van der Waals surface area contributed by atoms with Gasteiger partial charge in [-0.25, -0.2) is 0 Å². The minimum Gasteiger partial charge on any atom is -0.0654 e. The van der Waals surface area contributed by atoms with Crippen LogP contribution < -0.4 is 0 Å². The monoisotopic (exact) mass is 1100 g/mol. The van der Waals surface area contributed by atoms with Crippen molar-refractivity contribution >= 4 is 21.5 Å². The van der Waals surface area contributed by atoms with Crippen molar-refractivity contribution < 1.29 is 0 Å². The molecule has 85 heavy (non-hydrogen) atoms. The van der Waals surface area contributed by atoms with Crippen LogP contribution in [0.2, 0.25) is 0 Å². The number of hydrogen-bond donors (Lipinski definition) is 0. The average Bonchev–Trinajstić information content (AvgIpc) is 2.09. The molecular formula is C85H80. The molecule has 0 spiro atoms. The third kappa shape index (κ3) is 12.8. The summed E-state index contributed by atoms with van der Waals surface area (Å²) in [4.78, 5) is 0. The van der Waals surface area contributed by atoms with Crippen LogP contribution in [-0.4, -0.2) is 0 Å². The van der Waals surface area contributed by atoms with Gasteiger partial charge in [-0.15, -0.1) is 0 Å². The Morgan fingerprint density at radius 2 is 0.529 bits per heavy atom. The smallest absolute Gasteiger partial charge is 0.0340 e. The Balaban J connectivity index is 0.964. The molecule has 2 atom stereocenters. The lowest BCUT2D eigenvalue weighted by Crippen LogP contribution is -2.04. The lowest BCUT2D eigenvalue weighted by atomic mass is 9.80. The maximum atomic E-state index is 2.61. The minimum absolute atomic E-state index is 0.0987. The molecule has 12 rings (SSSR count). The van der Waals surface area contributed by atoms with Gasteiger partial charge in [0.25, 0.3) is 0 Å². The Bertz CT molecular complexity index is 4080. The van der Waals surface area contributed by atoms with E-state index < -0.39 is 0 Å². The maximum absolute atomic E-state index is 2.61. The molecule has 0 aliphatic rings. The van der Waals surface area contributed by atoms with Gasteiger partial charge in [-0.05, 0) is 166 Å².